The van der Waals surface area contributed by atoms with E-state index in [1.54, 1.807) is 12.1 Å². The molecule has 0 saturated carbocycles. The van der Waals surface area contributed by atoms with E-state index in [9.17, 15) is 9.90 Å². The summed E-state index contributed by atoms with van der Waals surface area (Å²) in [7, 11) is 3.86. The molecule has 0 aliphatic carbocycles. The van der Waals surface area contributed by atoms with Crippen molar-refractivity contribution in [2.75, 3.05) is 40.4 Å². The van der Waals surface area contributed by atoms with Crippen LogP contribution >= 0.6 is 11.6 Å². The van der Waals surface area contributed by atoms with Crippen LogP contribution in [0.3, 0.4) is 0 Å². The summed E-state index contributed by atoms with van der Waals surface area (Å²) < 4.78 is 10.9. The molecule has 1 atom stereocenters. The minimum absolute atomic E-state index is 0.364. The van der Waals surface area contributed by atoms with E-state index in [1.807, 2.05) is 19.0 Å². The Morgan fingerprint density at radius 3 is 2.81 bits per heavy atom. The number of fused-ring (bicyclic) bond motifs is 1. The van der Waals surface area contributed by atoms with Crippen molar-refractivity contribution in [3.05, 3.63) is 22.7 Å². The van der Waals surface area contributed by atoms with Gasteiger partial charge in [0.05, 0.1) is 5.02 Å². The van der Waals surface area contributed by atoms with Crippen LogP contribution in [0.5, 0.6) is 11.5 Å². The van der Waals surface area contributed by atoms with Gasteiger partial charge in [0, 0.05) is 13.1 Å². The fourth-order valence-electron chi connectivity index (χ4n) is 2.08. The summed E-state index contributed by atoms with van der Waals surface area (Å²) >= 11 is 6.15. The van der Waals surface area contributed by atoms with Crippen LogP contribution in [0.15, 0.2) is 12.1 Å². The third kappa shape index (κ3) is 4.00. The van der Waals surface area contributed by atoms with Gasteiger partial charge in [0.25, 0.3) is 0 Å². The van der Waals surface area contributed by atoms with Crippen LogP contribution in [0.1, 0.15) is 11.6 Å². The van der Waals surface area contributed by atoms with Crippen molar-refractivity contribution in [3.8, 4) is 11.5 Å². The number of rotatable bonds is 6. The summed E-state index contributed by atoms with van der Waals surface area (Å²) in [6.45, 7) is 2.16. The number of ether oxygens (including phenoxy) is 2. The third-order valence-electron chi connectivity index (χ3n) is 3.11. The minimum atomic E-state index is -0.957. The number of carboxylic acids is 1. The molecular weight excluding hydrogens is 296 g/mol. The molecule has 0 radical (unpaired) electrons. The highest BCUT2D eigenvalue weighted by molar-refractivity contribution is 6.32. The molecule has 0 aromatic heterocycles. The number of benzene rings is 1. The summed E-state index contributed by atoms with van der Waals surface area (Å²) in [5, 5.41) is 12.8. The smallest absolute Gasteiger partial charge is 0.325 e. The molecule has 6 nitrogen and oxygen atoms in total. The molecule has 1 unspecified atom stereocenters. The lowest BCUT2D eigenvalue weighted by Gasteiger charge is -2.22. The zero-order valence-electron chi connectivity index (χ0n) is 12.1. The van der Waals surface area contributed by atoms with Crippen LogP contribution in [0.2, 0.25) is 5.02 Å². The van der Waals surface area contributed by atoms with Gasteiger partial charge < -0.3 is 19.5 Å². The Morgan fingerprint density at radius 1 is 1.43 bits per heavy atom. The average Bonchev–Trinajstić information content (AvgIpc) is 2.43. The van der Waals surface area contributed by atoms with Crippen LogP contribution < -0.4 is 14.8 Å². The number of carboxylic acid groups (broad SMARTS) is 1. The zero-order valence-corrected chi connectivity index (χ0v) is 12.8. The van der Waals surface area contributed by atoms with Crippen molar-refractivity contribution in [2.45, 2.75) is 6.04 Å². The molecule has 0 bridgehead atoms. The Balaban J connectivity index is 2.20. The second kappa shape index (κ2) is 6.98. The molecule has 1 heterocycles. The van der Waals surface area contributed by atoms with Gasteiger partial charge in [-0.15, -0.1) is 0 Å². The third-order valence-corrected chi connectivity index (χ3v) is 3.39. The van der Waals surface area contributed by atoms with Crippen LogP contribution in [0.25, 0.3) is 0 Å². The molecule has 0 fully saturated rings. The molecule has 1 aromatic carbocycles. The lowest BCUT2D eigenvalue weighted by molar-refractivity contribution is -0.139. The summed E-state index contributed by atoms with van der Waals surface area (Å²) in [5.41, 5.74) is 0.551. The Labute approximate surface area is 128 Å². The van der Waals surface area contributed by atoms with E-state index in [1.165, 1.54) is 0 Å². The van der Waals surface area contributed by atoms with E-state index in [0.717, 1.165) is 6.54 Å². The number of carbonyl (C=O) groups is 1. The number of hydrogen-bond acceptors (Lipinski definition) is 5. The first-order chi connectivity index (χ1) is 9.99. The first kappa shape index (κ1) is 15.9. The van der Waals surface area contributed by atoms with Gasteiger partial charge in [-0.25, -0.2) is 0 Å². The van der Waals surface area contributed by atoms with Gasteiger partial charge in [-0.1, -0.05) is 11.6 Å². The molecular formula is C14H19ClN2O4. The van der Waals surface area contributed by atoms with Gasteiger partial charge >= 0.3 is 5.97 Å². The molecule has 2 rings (SSSR count). The summed E-state index contributed by atoms with van der Waals surface area (Å²) in [4.78, 5) is 13.4. The fourth-order valence-corrected chi connectivity index (χ4v) is 2.35. The number of likely N-dealkylation sites (N-methyl/N-ethyl adjacent to an activating group) is 1. The van der Waals surface area contributed by atoms with Gasteiger partial charge in [-0.2, -0.15) is 0 Å². The van der Waals surface area contributed by atoms with Crippen LogP contribution in [0.4, 0.5) is 0 Å². The summed E-state index contributed by atoms with van der Waals surface area (Å²) in [6.07, 6.45) is 0. The van der Waals surface area contributed by atoms with E-state index in [2.05, 4.69) is 5.32 Å². The highest BCUT2D eigenvalue weighted by Gasteiger charge is 2.24. The Kier molecular flexibility index (Phi) is 5.27. The van der Waals surface area contributed by atoms with Crippen LogP contribution in [-0.4, -0.2) is 56.4 Å². The maximum absolute atomic E-state index is 11.5. The molecule has 1 aliphatic rings. The van der Waals surface area contributed by atoms with Crippen molar-refractivity contribution >= 4 is 17.6 Å². The summed E-state index contributed by atoms with van der Waals surface area (Å²) in [6, 6.07) is 2.44. The van der Waals surface area contributed by atoms with E-state index in [0.29, 0.717) is 41.8 Å². The van der Waals surface area contributed by atoms with Crippen molar-refractivity contribution in [1.29, 1.82) is 0 Å². The zero-order chi connectivity index (χ0) is 15.4. The molecule has 7 heteroatoms. The molecule has 116 valence electrons. The molecule has 0 saturated heterocycles. The average molecular weight is 315 g/mol. The quantitative estimate of drug-likeness (QED) is 0.827. The van der Waals surface area contributed by atoms with Crippen molar-refractivity contribution in [3.63, 3.8) is 0 Å². The molecule has 0 amide bonds. The van der Waals surface area contributed by atoms with Crippen LogP contribution in [-0.2, 0) is 4.79 Å². The number of nitrogens with zero attached hydrogens (tertiary/aromatic N) is 1. The Hall–Kier alpha value is -1.50. The maximum Gasteiger partial charge on any atom is 0.325 e. The lowest BCUT2D eigenvalue weighted by atomic mass is 10.1. The summed E-state index contributed by atoms with van der Waals surface area (Å²) in [5.74, 6) is 0.00927. The van der Waals surface area contributed by atoms with E-state index >= 15 is 0 Å². The van der Waals surface area contributed by atoms with E-state index in [-0.39, 0.29) is 0 Å². The van der Waals surface area contributed by atoms with Crippen LogP contribution in [0, 0.1) is 0 Å². The largest absolute Gasteiger partial charge is 0.486 e. The van der Waals surface area contributed by atoms with Gasteiger partial charge in [0.1, 0.15) is 19.3 Å². The second-order valence-electron chi connectivity index (χ2n) is 5.06. The van der Waals surface area contributed by atoms with Gasteiger partial charge in [0.15, 0.2) is 11.5 Å². The first-order valence-corrected chi connectivity index (χ1v) is 7.07. The standard InChI is InChI=1S/C14H19ClN2O4/c1-17(2)4-3-16-12(14(18)19)9-7-10(15)13-11(8-9)20-5-6-21-13/h7-8,12,16H,3-6H2,1-2H3,(H,18,19). The molecule has 0 spiro atoms. The lowest BCUT2D eigenvalue weighted by Crippen LogP contribution is -2.34. The number of halogens is 1. The number of nitrogens with one attached hydrogen (secondary N) is 1. The highest BCUT2D eigenvalue weighted by Crippen LogP contribution is 2.39. The minimum Gasteiger partial charge on any atom is -0.486 e. The van der Waals surface area contributed by atoms with Gasteiger partial charge in [-0.05, 0) is 31.8 Å². The normalized spacial score (nSPS) is 15.0. The van der Waals surface area contributed by atoms with Crippen molar-refractivity contribution in [1.82, 2.24) is 10.2 Å². The first-order valence-electron chi connectivity index (χ1n) is 6.69. The highest BCUT2D eigenvalue weighted by atomic mass is 35.5. The topological polar surface area (TPSA) is 71.0 Å². The van der Waals surface area contributed by atoms with Crippen molar-refractivity contribution < 1.29 is 19.4 Å². The monoisotopic (exact) mass is 314 g/mol. The molecule has 1 aliphatic heterocycles. The SMILES string of the molecule is CN(C)CCNC(C(=O)O)c1cc(Cl)c2c(c1)OCCO2. The maximum atomic E-state index is 11.5. The predicted octanol–water partition coefficient (Wildman–Crippen LogP) is 1.39. The Morgan fingerprint density at radius 2 is 2.14 bits per heavy atom. The Bertz CT molecular complexity index is 522. The van der Waals surface area contributed by atoms with Crippen molar-refractivity contribution in [2.24, 2.45) is 0 Å². The fraction of sp³-hybridized carbons (Fsp3) is 0.500. The van der Waals surface area contributed by atoms with Gasteiger partial charge in [0.2, 0.25) is 0 Å². The van der Waals surface area contributed by atoms with E-state index < -0.39 is 12.0 Å². The second-order valence-corrected chi connectivity index (χ2v) is 5.46. The predicted molar refractivity (Wildman–Crippen MR) is 79.4 cm³/mol. The molecule has 1 aromatic rings. The number of aliphatic carboxylic acids is 1. The molecule has 21 heavy (non-hydrogen) atoms. The number of hydrogen-bond donors (Lipinski definition) is 2. The van der Waals surface area contributed by atoms with E-state index in [4.69, 9.17) is 21.1 Å². The van der Waals surface area contributed by atoms with Gasteiger partial charge in [-0.3, -0.25) is 10.1 Å². The molecule has 2 N–H and O–H groups in total.